The predicted molar refractivity (Wildman–Crippen MR) is 129 cm³/mol. The predicted octanol–water partition coefficient (Wildman–Crippen LogP) is 5.96. The van der Waals surface area contributed by atoms with E-state index in [0.29, 0.717) is 30.0 Å². The number of nitrogens with one attached hydrogen (secondary N) is 1. The van der Waals surface area contributed by atoms with Crippen molar-refractivity contribution in [3.63, 3.8) is 0 Å². The van der Waals surface area contributed by atoms with Crippen LogP contribution in [0.5, 0.6) is 5.75 Å². The van der Waals surface area contributed by atoms with E-state index >= 15 is 0 Å². The first-order chi connectivity index (χ1) is 15.7. The van der Waals surface area contributed by atoms with Gasteiger partial charge in [0.15, 0.2) is 5.58 Å². The lowest BCUT2D eigenvalue weighted by Gasteiger charge is -2.09. The molecule has 5 rings (SSSR count). The first kappa shape index (κ1) is 19.9. The summed E-state index contributed by atoms with van der Waals surface area (Å²) < 4.78 is 13.8. The standard InChI is InChI=1S/C27H24N2O3/c1-3-31-20-13-9-12-19(16-20)23-24-25(21-14-7-8-15-22(21)29(2)27(24)30)32-26(23)28-17-18-10-5-4-6-11-18/h4-16,28H,3,17H2,1-2H3. The summed E-state index contributed by atoms with van der Waals surface area (Å²) in [6, 6.07) is 25.7. The number of hydrogen-bond donors (Lipinski definition) is 1. The Hall–Kier alpha value is -3.99. The van der Waals surface area contributed by atoms with Crippen LogP contribution in [0.1, 0.15) is 12.5 Å². The van der Waals surface area contributed by atoms with Gasteiger partial charge in [-0.15, -0.1) is 0 Å². The number of nitrogens with zero attached hydrogens (tertiary/aromatic N) is 1. The molecule has 0 fully saturated rings. The molecule has 2 heterocycles. The maximum atomic E-state index is 13.5. The molecule has 1 N–H and O–H groups in total. The third kappa shape index (κ3) is 3.42. The van der Waals surface area contributed by atoms with Crippen LogP contribution in [0.4, 0.5) is 5.88 Å². The van der Waals surface area contributed by atoms with Gasteiger partial charge in [0.05, 0.1) is 23.1 Å². The molecule has 0 aliphatic carbocycles. The molecule has 5 heteroatoms. The number of rotatable bonds is 6. The maximum Gasteiger partial charge on any atom is 0.262 e. The second kappa shape index (κ2) is 8.27. The molecular formula is C27H24N2O3. The van der Waals surface area contributed by atoms with Crippen LogP contribution in [0.3, 0.4) is 0 Å². The Balaban J connectivity index is 1.77. The van der Waals surface area contributed by atoms with Crippen molar-refractivity contribution in [2.45, 2.75) is 13.5 Å². The topological polar surface area (TPSA) is 56.4 Å². The molecule has 0 spiro atoms. The van der Waals surface area contributed by atoms with Crippen molar-refractivity contribution in [1.82, 2.24) is 4.57 Å². The van der Waals surface area contributed by atoms with E-state index in [1.165, 1.54) is 0 Å². The molecule has 5 nitrogen and oxygen atoms in total. The lowest BCUT2D eigenvalue weighted by Crippen LogP contribution is -2.17. The normalized spacial score (nSPS) is 11.2. The summed E-state index contributed by atoms with van der Waals surface area (Å²) >= 11 is 0. The van der Waals surface area contributed by atoms with E-state index in [2.05, 4.69) is 17.4 Å². The molecule has 32 heavy (non-hydrogen) atoms. The molecule has 0 aliphatic rings. The summed E-state index contributed by atoms with van der Waals surface area (Å²) in [5.74, 6) is 1.33. The zero-order valence-corrected chi connectivity index (χ0v) is 18.1. The Morgan fingerprint density at radius 2 is 1.75 bits per heavy atom. The minimum Gasteiger partial charge on any atom is -0.494 e. The first-order valence-corrected chi connectivity index (χ1v) is 10.7. The Kier molecular flexibility index (Phi) is 5.15. The van der Waals surface area contributed by atoms with Crippen LogP contribution in [0.25, 0.3) is 33.0 Å². The number of fused-ring (bicyclic) bond motifs is 3. The van der Waals surface area contributed by atoms with Gasteiger partial charge in [-0.05, 0) is 42.3 Å². The number of aromatic nitrogens is 1. The van der Waals surface area contributed by atoms with Crippen molar-refractivity contribution in [1.29, 1.82) is 0 Å². The van der Waals surface area contributed by atoms with Crippen molar-refractivity contribution in [2.75, 3.05) is 11.9 Å². The average molecular weight is 425 g/mol. The van der Waals surface area contributed by atoms with Gasteiger partial charge in [0.25, 0.3) is 5.56 Å². The lowest BCUT2D eigenvalue weighted by molar-refractivity contribution is 0.340. The monoisotopic (exact) mass is 424 g/mol. The zero-order valence-electron chi connectivity index (χ0n) is 18.1. The quantitative estimate of drug-likeness (QED) is 0.365. The number of para-hydroxylation sites is 1. The van der Waals surface area contributed by atoms with Gasteiger partial charge in [0.1, 0.15) is 5.75 Å². The lowest BCUT2D eigenvalue weighted by atomic mass is 10.0. The van der Waals surface area contributed by atoms with E-state index < -0.39 is 0 Å². The number of ether oxygens (including phenoxy) is 1. The molecule has 5 aromatic rings. The Morgan fingerprint density at radius 1 is 0.969 bits per heavy atom. The molecule has 160 valence electrons. The van der Waals surface area contributed by atoms with Gasteiger partial charge in [-0.25, -0.2) is 0 Å². The van der Waals surface area contributed by atoms with E-state index in [-0.39, 0.29) is 5.56 Å². The summed E-state index contributed by atoms with van der Waals surface area (Å²) in [5.41, 5.74) is 4.09. The Labute approximate surface area is 185 Å². The smallest absolute Gasteiger partial charge is 0.262 e. The number of aryl methyl sites for hydroxylation is 1. The van der Waals surface area contributed by atoms with Gasteiger partial charge >= 0.3 is 0 Å². The fraction of sp³-hybridized carbons (Fsp3) is 0.148. The van der Waals surface area contributed by atoms with Crippen LogP contribution in [-0.4, -0.2) is 11.2 Å². The van der Waals surface area contributed by atoms with E-state index in [1.54, 1.807) is 11.6 Å². The molecule has 0 saturated heterocycles. The molecule has 2 aromatic heterocycles. The van der Waals surface area contributed by atoms with Crippen LogP contribution in [-0.2, 0) is 13.6 Å². The molecule has 0 unspecified atom stereocenters. The van der Waals surface area contributed by atoms with Gasteiger partial charge in [-0.3, -0.25) is 4.79 Å². The summed E-state index contributed by atoms with van der Waals surface area (Å²) in [6.07, 6.45) is 0. The molecular weight excluding hydrogens is 400 g/mol. The second-order valence-corrected chi connectivity index (χ2v) is 7.69. The van der Waals surface area contributed by atoms with E-state index in [4.69, 9.17) is 9.15 Å². The largest absolute Gasteiger partial charge is 0.494 e. The third-order valence-corrected chi connectivity index (χ3v) is 5.67. The first-order valence-electron chi connectivity index (χ1n) is 10.7. The highest BCUT2D eigenvalue weighted by Crippen LogP contribution is 2.40. The Bertz CT molecular complexity index is 1470. The summed E-state index contributed by atoms with van der Waals surface area (Å²) in [7, 11) is 1.80. The molecule has 0 radical (unpaired) electrons. The number of anilines is 1. The zero-order chi connectivity index (χ0) is 22.1. The van der Waals surface area contributed by atoms with Gasteiger partial charge in [0, 0.05) is 19.0 Å². The highest BCUT2D eigenvalue weighted by Gasteiger charge is 2.22. The molecule has 0 aliphatic heterocycles. The highest BCUT2D eigenvalue weighted by molar-refractivity contribution is 6.10. The minimum atomic E-state index is -0.0907. The fourth-order valence-electron chi connectivity index (χ4n) is 4.15. The summed E-state index contributed by atoms with van der Waals surface area (Å²) in [4.78, 5) is 13.5. The van der Waals surface area contributed by atoms with Crippen LogP contribution < -0.4 is 15.6 Å². The van der Waals surface area contributed by atoms with Crippen molar-refractivity contribution in [3.8, 4) is 16.9 Å². The van der Waals surface area contributed by atoms with E-state index in [0.717, 1.165) is 33.3 Å². The van der Waals surface area contributed by atoms with E-state index in [9.17, 15) is 4.79 Å². The number of hydrogen-bond acceptors (Lipinski definition) is 4. The van der Waals surface area contributed by atoms with Crippen LogP contribution in [0, 0.1) is 0 Å². The third-order valence-electron chi connectivity index (χ3n) is 5.67. The van der Waals surface area contributed by atoms with E-state index in [1.807, 2.05) is 73.7 Å². The molecule has 0 amide bonds. The van der Waals surface area contributed by atoms with Crippen molar-refractivity contribution in [2.24, 2.45) is 7.05 Å². The number of furan rings is 1. The molecule has 3 aromatic carbocycles. The average Bonchev–Trinajstić information content (AvgIpc) is 3.22. The fourth-order valence-corrected chi connectivity index (χ4v) is 4.15. The van der Waals surface area contributed by atoms with Crippen LogP contribution in [0.15, 0.2) is 88.1 Å². The molecule has 0 saturated carbocycles. The van der Waals surface area contributed by atoms with Crippen molar-refractivity contribution in [3.05, 3.63) is 94.8 Å². The molecule has 0 bridgehead atoms. The van der Waals surface area contributed by atoms with Gasteiger partial charge in [-0.2, -0.15) is 0 Å². The van der Waals surface area contributed by atoms with Crippen LogP contribution >= 0.6 is 0 Å². The van der Waals surface area contributed by atoms with Crippen molar-refractivity contribution >= 4 is 27.8 Å². The highest BCUT2D eigenvalue weighted by atomic mass is 16.5. The second-order valence-electron chi connectivity index (χ2n) is 7.69. The summed E-state index contributed by atoms with van der Waals surface area (Å²) in [6.45, 7) is 3.10. The van der Waals surface area contributed by atoms with Gasteiger partial charge < -0.3 is 19.0 Å². The minimum absolute atomic E-state index is 0.0907. The maximum absolute atomic E-state index is 13.5. The SMILES string of the molecule is CCOc1cccc(-c2c(NCc3ccccc3)oc3c2c(=O)n(C)c2ccccc32)c1. The van der Waals surface area contributed by atoms with Gasteiger partial charge in [0.2, 0.25) is 5.88 Å². The van der Waals surface area contributed by atoms with Gasteiger partial charge in [-0.1, -0.05) is 54.6 Å². The molecule has 0 atom stereocenters. The van der Waals surface area contributed by atoms with Crippen LogP contribution in [0.2, 0.25) is 0 Å². The number of benzene rings is 3. The Morgan fingerprint density at radius 3 is 2.56 bits per heavy atom. The summed E-state index contributed by atoms with van der Waals surface area (Å²) in [5, 5.41) is 4.89. The number of pyridine rings is 1. The van der Waals surface area contributed by atoms with Crippen molar-refractivity contribution < 1.29 is 9.15 Å².